The smallest absolute Gasteiger partial charge is 0.132 e. The summed E-state index contributed by atoms with van der Waals surface area (Å²) in [5, 5.41) is 10.7. The van der Waals surface area contributed by atoms with E-state index >= 15 is 0 Å². The van der Waals surface area contributed by atoms with Crippen LogP contribution in [0, 0.1) is 13.8 Å². The van der Waals surface area contributed by atoms with Crippen LogP contribution >= 0.6 is 0 Å². The largest absolute Gasteiger partial charge is 0.507 e. The maximum absolute atomic E-state index is 10.7. The Morgan fingerprint density at radius 1 is 0.962 bits per heavy atom. The van der Waals surface area contributed by atoms with E-state index in [9.17, 15) is 5.11 Å². The van der Waals surface area contributed by atoms with E-state index in [4.69, 9.17) is 0 Å². The molecule has 0 spiro atoms. The minimum absolute atomic E-state index is 0.251. The summed E-state index contributed by atoms with van der Waals surface area (Å²) in [7, 11) is 0. The van der Waals surface area contributed by atoms with Gasteiger partial charge in [0.05, 0.1) is 5.69 Å². The molecule has 0 bridgehead atoms. The Labute approximate surface area is 155 Å². The third-order valence-electron chi connectivity index (χ3n) is 4.42. The SMILES string of the molecule is C=CCc1cc(C)c(/N=C/c2cccc(-c3ccccc3)c2O)c(C)c1. The molecule has 3 aromatic carbocycles. The van der Waals surface area contributed by atoms with E-state index in [1.54, 1.807) is 6.21 Å². The Morgan fingerprint density at radius 3 is 2.31 bits per heavy atom. The van der Waals surface area contributed by atoms with Gasteiger partial charge in [0.2, 0.25) is 0 Å². The van der Waals surface area contributed by atoms with Gasteiger partial charge in [-0.3, -0.25) is 4.99 Å². The molecule has 0 aliphatic heterocycles. The van der Waals surface area contributed by atoms with Crippen LogP contribution in [0.25, 0.3) is 11.1 Å². The Kier molecular flexibility index (Phi) is 5.33. The van der Waals surface area contributed by atoms with Crippen molar-refractivity contribution >= 4 is 11.9 Å². The van der Waals surface area contributed by atoms with Crippen LogP contribution in [0.3, 0.4) is 0 Å². The van der Waals surface area contributed by atoms with Crippen molar-refractivity contribution in [1.29, 1.82) is 0 Å². The predicted octanol–water partition coefficient (Wildman–Crippen LogP) is 6.16. The van der Waals surface area contributed by atoms with Gasteiger partial charge in [0.25, 0.3) is 0 Å². The topological polar surface area (TPSA) is 32.6 Å². The Morgan fingerprint density at radius 2 is 1.65 bits per heavy atom. The molecule has 0 radical (unpaired) electrons. The molecule has 2 nitrogen and oxygen atoms in total. The molecule has 0 amide bonds. The lowest BCUT2D eigenvalue weighted by Crippen LogP contribution is -1.90. The van der Waals surface area contributed by atoms with Crippen molar-refractivity contribution in [3.05, 3.63) is 95.6 Å². The highest BCUT2D eigenvalue weighted by Crippen LogP contribution is 2.32. The number of aryl methyl sites for hydroxylation is 2. The van der Waals surface area contributed by atoms with Crippen molar-refractivity contribution in [2.45, 2.75) is 20.3 Å². The van der Waals surface area contributed by atoms with Crippen molar-refractivity contribution in [3.8, 4) is 16.9 Å². The Balaban J connectivity index is 1.96. The van der Waals surface area contributed by atoms with Crippen LogP contribution in [0.2, 0.25) is 0 Å². The number of allylic oxidation sites excluding steroid dienone is 1. The van der Waals surface area contributed by atoms with Gasteiger partial charge in [0.15, 0.2) is 0 Å². The molecule has 0 fully saturated rings. The molecular formula is C24H23NO. The van der Waals surface area contributed by atoms with Crippen molar-refractivity contribution in [2.75, 3.05) is 0 Å². The average Bonchev–Trinajstić information content (AvgIpc) is 2.63. The van der Waals surface area contributed by atoms with Gasteiger partial charge in [-0.05, 0) is 48.6 Å². The van der Waals surface area contributed by atoms with Crippen LogP contribution in [0.15, 0.2) is 78.3 Å². The molecule has 0 saturated heterocycles. The number of phenols is 1. The highest BCUT2D eigenvalue weighted by atomic mass is 16.3. The van der Waals surface area contributed by atoms with E-state index in [1.807, 2.05) is 54.6 Å². The number of rotatable bonds is 5. The normalized spacial score (nSPS) is 11.0. The first-order valence-corrected chi connectivity index (χ1v) is 8.72. The van der Waals surface area contributed by atoms with E-state index < -0.39 is 0 Å². The number of hydrogen-bond donors (Lipinski definition) is 1. The van der Waals surface area contributed by atoms with Crippen molar-refractivity contribution in [3.63, 3.8) is 0 Å². The standard InChI is InChI=1S/C24H23NO/c1-4-9-19-14-17(2)23(18(3)15-19)25-16-21-12-8-13-22(24(21)26)20-10-6-5-7-11-20/h4-8,10-16,26H,1,9H2,2-3H3/b25-16+. The van der Waals surface area contributed by atoms with Gasteiger partial charge in [0.1, 0.15) is 5.75 Å². The minimum Gasteiger partial charge on any atom is -0.507 e. The van der Waals surface area contributed by atoms with Crippen molar-refractivity contribution in [2.24, 2.45) is 4.99 Å². The molecule has 0 unspecified atom stereocenters. The first kappa shape index (κ1) is 17.7. The zero-order valence-corrected chi connectivity index (χ0v) is 15.2. The number of benzene rings is 3. The second kappa shape index (κ2) is 7.83. The molecule has 0 atom stereocenters. The lowest BCUT2D eigenvalue weighted by molar-refractivity contribution is 0.476. The first-order chi connectivity index (χ1) is 12.6. The van der Waals surface area contributed by atoms with Gasteiger partial charge in [-0.15, -0.1) is 6.58 Å². The molecule has 0 aliphatic carbocycles. The zero-order valence-electron chi connectivity index (χ0n) is 15.2. The summed E-state index contributed by atoms with van der Waals surface area (Å²) in [4.78, 5) is 4.66. The molecule has 1 N–H and O–H groups in total. The van der Waals surface area contributed by atoms with E-state index in [2.05, 4.69) is 37.6 Å². The monoisotopic (exact) mass is 341 g/mol. The number of aromatic hydroxyl groups is 1. The summed E-state index contributed by atoms with van der Waals surface area (Å²) >= 11 is 0. The third-order valence-corrected chi connectivity index (χ3v) is 4.42. The predicted molar refractivity (Wildman–Crippen MR) is 111 cm³/mol. The Hall–Kier alpha value is -3.13. The fraction of sp³-hybridized carbons (Fsp3) is 0.125. The molecule has 3 aromatic rings. The average molecular weight is 341 g/mol. The first-order valence-electron chi connectivity index (χ1n) is 8.72. The molecule has 26 heavy (non-hydrogen) atoms. The summed E-state index contributed by atoms with van der Waals surface area (Å²) in [6.07, 6.45) is 4.50. The van der Waals surface area contributed by atoms with Crippen LogP contribution in [0.1, 0.15) is 22.3 Å². The molecular weight excluding hydrogens is 318 g/mol. The van der Waals surface area contributed by atoms with Gasteiger partial charge < -0.3 is 5.11 Å². The quantitative estimate of drug-likeness (QED) is 0.438. The Bertz CT molecular complexity index is 932. The van der Waals surface area contributed by atoms with E-state index in [0.29, 0.717) is 5.56 Å². The number of nitrogens with zero attached hydrogens (tertiary/aromatic N) is 1. The lowest BCUT2D eigenvalue weighted by atomic mass is 10.0. The minimum atomic E-state index is 0.251. The molecule has 0 aliphatic rings. The summed E-state index contributed by atoms with van der Waals surface area (Å²) < 4.78 is 0. The number of para-hydroxylation sites is 1. The molecule has 2 heteroatoms. The van der Waals surface area contributed by atoms with Crippen molar-refractivity contribution < 1.29 is 5.11 Å². The van der Waals surface area contributed by atoms with E-state index in [1.165, 1.54) is 5.56 Å². The highest BCUT2D eigenvalue weighted by Gasteiger charge is 2.08. The zero-order chi connectivity index (χ0) is 18.5. The molecule has 0 heterocycles. The molecule has 0 saturated carbocycles. The summed E-state index contributed by atoms with van der Waals surface area (Å²) in [5.74, 6) is 0.251. The summed E-state index contributed by atoms with van der Waals surface area (Å²) in [6, 6.07) is 19.9. The second-order valence-corrected chi connectivity index (χ2v) is 6.44. The molecule has 3 rings (SSSR count). The van der Waals surface area contributed by atoms with Crippen LogP contribution in [0.5, 0.6) is 5.75 Å². The van der Waals surface area contributed by atoms with Crippen LogP contribution in [-0.2, 0) is 6.42 Å². The maximum Gasteiger partial charge on any atom is 0.132 e. The second-order valence-electron chi connectivity index (χ2n) is 6.44. The van der Waals surface area contributed by atoms with Gasteiger partial charge in [-0.2, -0.15) is 0 Å². The number of hydrogen-bond acceptors (Lipinski definition) is 2. The van der Waals surface area contributed by atoms with Crippen LogP contribution in [0.4, 0.5) is 5.69 Å². The summed E-state index contributed by atoms with van der Waals surface area (Å²) in [5.41, 5.74) is 6.94. The lowest BCUT2D eigenvalue weighted by Gasteiger charge is -2.09. The van der Waals surface area contributed by atoms with Crippen LogP contribution in [-0.4, -0.2) is 11.3 Å². The highest BCUT2D eigenvalue weighted by molar-refractivity contribution is 5.90. The van der Waals surface area contributed by atoms with Crippen LogP contribution < -0.4 is 0 Å². The van der Waals surface area contributed by atoms with Gasteiger partial charge in [0, 0.05) is 17.3 Å². The van der Waals surface area contributed by atoms with E-state index in [-0.39, 0.29) is 5.75 Å². The third kappa shape index (κ3) is 3.75. The number of aliphatic imine (C=N–C) groups is 1. The fourth-order valence-electron chi connectivity index (χ4n) is 3.18. The molecule has 130 valence electrons. The summed E-state index contributed by atoms with van der Waals surface area (Å²) in [6.45, 7) is 7.92. The van der Waals surface area contributed by atoms with E-state index in [0.717, 1.165) is 34.4 Å². The molecule has 0 aromatic heterocycles. The van der Waals surface area contributed by atoms with Gasteiger partial charge >= 0.3 is 0 Å². The van der Waals surface area contributed by atoms with Gasteiger partial charge in [-0.1, -0.05) is 60.7 Å². The fourth-order valence-corrected chi connectivity index (χ4v) is 3.18. The maximum atomic E-state index is 10.7. The van der Waals surface area contributed by atoms with Gasteiger partial charge in [-0.25, -0.2) is 0 Å². The number of phenolic OH excluding ortho intramolecular Hbond substituents is 1. The van der Waals surface area contributed by atoms with Crippen molar-refractivity contribution in [1.82, 2.24) is 0 Å².